The smallest absolute Gasteiger partial charge is 0.543 e. The van der Waals surface area contributed by atoms with E-state index in [1.165, 1.54) is 42.5 Å². The fraction of sp³-hybridized carbons (Fsp3) is 0.211. The molecule has 0 radical (unpaired) electrons. The molecule has 2 atom stereocenters. The summed E-state index contributed by atoms with van der Waals surface area (Å²) in [5, 5.41) is 22.6. The van der Waals surface area contributed by atoms with Crippen molar-refractivity contribution in [2.24, 2.45) is 10.9 Å². The summed E-state index contributed by atoms with van der Waals surface area (Å²) in [5.41, 5.74) is 10.5. The monoisotopic (exact) mass is 541 g/mol. The number of nitrogens with zero attached hydrogens (tertiary/aromatic N) is 4. The molecule has 3 amide bonds. The van der Waals surface area contributed by atoms with Crippen LogP contribution >= 0.6 is 23.1 Å². The number of amides is 3. The van der Waals surface area contributed by atoms with Crippen LogP contribution in [0.5, 0.6) is 0 Å². The van der Waals surface area contributed by atoms with Gasteiger partial charge in [-0.05, 0) is 11.6 Å². The number of carbonyl (C=O) groups excluding carboxylic acids is 4. The number of carboxylic acids is 1. The maximum Gasteiger partial charge on any atom is 1.00 e. The zero-order valence-electron chi connectivity index (χ0n) is 18.8. The summed E-state index contributed by atoms with van der Waals surface area (Å²) in [7, 11) is 1.25. The van der Waals surface area contributed by atoms with Crippen molar-refractivity contribution in [3.05, 3.63) is 45.9 Å². The molecule has 0 unspecified atom stereocenters. The number of fused-ring (bicyclic) bond motifs is 1. The molecule has 0 bridgehead atoms. The van der Waals surface area contributed by atoms with Gasteiger partial charge in [-0.15, -0.1) is 23.1 Å². The summed E-state index contributed by atoms with van der Waals surface area (Å²) in [5.74, 6) is -3.40. The fourth-order valence-electron chi connectivity index (χ4n) is 3.33. The largest absolute Gasteiger partial charge is 1.00 e. The van der Waals surface area contributed by atoms with Crippen molar-refractivity contribution < 1.29 is 63.2 Å². The van der Waals surface area contributed by atoms with Gasteiger partial charge in [0.1, 0.15) is 24.2 Å². The molecular formula is C19H16N7NaO7S2. The Kier molecular flexibility index (Phi) is 8.57. The van der Waals surface area contributed by atoms with Crippen molar-refractivity contribution in [1.29, 1.82) is 0 Å². The Labute approximate surface area is 233 Å². The summed E-state index contributed by atoms with van der Waals surface area (Å²) in [6.45, 7) is 0. The molecule has 0 spiro atoms. The van der Waals surface area contributed by atoms with Gasteiger partial charge >= 0.3 is 29.6 Å². The predicted molar refractivity (Wildman–Crippen MR) is 121 cm³/mol. The first-order valence-corrected chi connectivity index (χ1v) is 11.6. The van der Waals surface area contributed by atoms with Crippen molar-refractivity contribution >= 4 is 63.7 Å². The second-order valence-electron chi connectivity index (χ2n) is 7.03. The van der Waals surface area contributed by atoms with E-state index in [2.05, 4.69) is 20.6 Å². The van der Waals surface area contributed by atoms with Gasteiger partial charge in [0.05, 0.1) is 11.7 Å². The van der Waals surface area contributed by atoms with Crippen LogP contribution in [-0.4, -0.2) is 68.7 Å². The summed E-state index contributed by atoms with van der Waals surface area (Å²) < 4.78 is 4.95. The van der Waals surface area contributed by atoms with Crippen molar-refractivity contribution in [3.8, 4) is 0 Å². The number of aliphatic carboxylic acids is 1. The summed E-state index contributed by atoms with van der Waals surface area (Å²) in [6, 6.07) is 0.268. The Balaban J connectivity index is 0.00000361. The minimum Gasteiger partial charge on any atom is -0.543 e. The number of hydrogen-bond acceptors (Lipinski definition) is 13. The van der Waals surface area contributed by atoms with Crippen LogP contribution in [0.25, 0.3) is 6.08 Å². The Morgan fingerprint density at radius 3 is 2.69 bits per heavy atom. The van der Waals surface area contributed by atoms with E-state index in [1.807, 2.05) is 0 Å². The molecule has 36 heavy (non-hydrogen) atoms. The van der Waals surface area contributed by atoms with Crippen LogP contribution in [-0.2, 0) is 19.2 Å². The Hall–Kier alpha value is -3.18. The Bertz CT molecular complexity index is 1320. The number of aromatic nitrogens is 2. The third-order valence-corrected chi connectivity index (χ3v) is 6.85. The molecule has 182 valence electrons. The number of nitrogen functional groups attached to an aromatic ring is 1. The molecule has 1 saturated heterocycles. The van der Waals surface area contributed by atoms with E-state index in [4.69, 9.17) is 20.8 Å². The van der Waals surface area contributed by atoms with Crippen LogP contribution in [0.15, 0.2) is 38.5 Å². The number of carbonyl (C=O) groups is 4. The summed E-state index contributed by atoms with van der Waals surface area (Å²) >= 11 is 2.33. The van der Waals surface area contributed by atoms with Gasteiger partial charge < -0.3 is 36.0 Å². The van der Waals surface area contributed by atoms with E-state index in [0.717, 1.165) is 16.2 Å². The molecule has 4 rings (SSSR count). The Morgan fingerprint density at radius 1 is 1.36 bits per heavy atom. The molecule has 4 heterocycles. The number of carboxylic acid groups (broad SMARTS) is 1. The van der Waals surface area contributed by atoms with Gasteiger partial charge in [0.2, 0.25) is 0 Å². The van der Waals surface area contributed by atoms with E-state index in [1.54, 1.807) is 0 Å². The first-order valence-electron chi connectivity index (χ1n) is 9.68. The molecule has 5 N–H and O–H groups in total. The van der Waals surface area contributed by atoms with Gasteiger partial charge in [0.25, 0.3) is 17.7 Å². The number of allylic oxidation sites excluding steroid dienone is 1. The first-order chi connectivity index (χ1) is 16.7. The topological polar surface area (TPSA) is 219 Å². The number of thioether (sulfide) groups is 1. The van der Waals surface area contributed by atoms with Crippen LogP contribution in [0.4, 0.5) is 5.13 Å². The van der Waals surface area contributed by atoms with Gasteiger partial charge in [-0.2, -0.15) is 0 Å². The molecule has 0 aromatic carbocycles. The van der Waals surface area contributed by atoms with E-state index >= 15 is 0 Å². The maximum absolute atomic E-state index is 12.8. The number of β-lactam (4-membered cyclic amide) rings is 1. The van der Waals surface area contributed by atoms with Crippen LogP contribution in [0, 0.1) is 0 Å². The number of rotatable bonds is 8. The SMILES string of the molecule is CO/N=C(\C(=O)N[C@@H]1C(=O)N2C(C(=O)[O-])=C(/C=C\c3cc(C(N)=O)no3)CS[C@H]12)c1csc(N)n1.[Na+]. The number of thiazole rings is 1. The minimum absolute atomic E-state index is 0. The van der Waals surface area contributed by atoms with Crippen molar-refractivity contribution in [1.82, 2.24) is 20.4 Å². The molecule has 2 aromatic heterocycles. The van der Waals surface area contributed by atoms with Gasteiger partial charge in [-0.1, -0.05) is 16.4 Å². The standard InChI is InChI=1S/C19H17N7O7S2.Na/c1-32-25-11(10-6-35-19(21)22-10)15(28)23-12-16(29)26-13(18(30)31)7(5-34-17(12)26)2-3-8-4-9(14(20)27)24-33-8;/h2-4,6,12,17H,5H2,1H3,(H2,20,27)(H2,21,22)(H,23,28)(H,30,31);/q;+1/p-1/b3-2-,25-11-;/t12-,17-;/m1./s1. The average Bonchev–Trinajstić information content (AvgIpc) is 3.47. The normalized spacial score (nSPS) is 19.4. The predicted octanol–water partition coefficient (Wildman–Crippen LogP) is -4.72. The van der Waals surface area contributed by atoms with Crippen molar-refractivity contribution in [2.45, 2.75) is 11.4 Å². The van der Waals surface area contributed by atoms with E-state index in [-0.39, 0.29) is 74.6 Å². The third-order valence-electron chi connectivity index (χ3n) is 4.87. The van der Waals surface area contributed by atoms with Gasteiger partial charge in [-0.3, -0.25) is 19.3 Å². The molecule has 1 fully saturated rings. The van der Waals surface area contributed by atoms with Gasteiger partial charge in [0, 0.05) is 17.2 Å². The molecule has 0 saturated carbocycles. The average molecular weight is 542 g/mol. The molecule has 2 aliphatic heterocycles. The van der Waals surface area contributed by atoms with Crippen molar-refractivity contribution in [2.75, 3.05) is 18.6 Å². The molecular weight excluding hydrogens is 525 g/mol. The first kappa shape index (κ1) is 27.4. The molecule has 2 aromatic rings. The minimum atomic E-state index is -1.57. The van der Waals surface area contributed by atoms with E-state index < -0.39 is 35.1 Å². The zero-order valence-corrected chi connectivity index (χ0v) is 22.4. The summed E-state index contributed by atoms with van der Waals surface area (Å²) in [6.07, 6.45) is 2.80. The quantitative estimate of drug-likeness (QED) is 0.125. The van der Waals surface area contributed by atoms with E-state index in [0.29, 0.717) is 0 Å². The third kappa shape index (κ3) is 5.31. The zero-order chi connectivity index (χ0) is 25.3. The number of anilines is 1. The van der Waals surface area contributed by atoms with E-state index in [9.17, 15) is 24.3 Å². The molecule has 0 aliphatic carbocycles. The second kappa shape index (κ2) is 11.3. The number of primary amides is 1. The van der Waals surface area contributed by atoms with Gasteiger partial charge in [0.15, 0.2) is 22.3 Å². The molecule has 14 nitrogen and oxygen atoms in total. The Morgan fingerprint density at radius 2 is 2.11 bits per heavy atom. The van der Waals surface area contributed by atoms with Crippen molar-refractivity contribution in [3.63, 3.8) is 0 Å². The number of nitrogens with two attached hydrogens (primary N) is 2. The van der Waals surface area contributed by atoms with Crippen LogP contribution in [0.3, 0.4) is 0 Å². The number of oxime groups is 1. The molecule has 2 aliphatic rings. The van der Waals surface area contributed by atoms with Crippen LogP contribution < -0.4 is 51.4 Å². The summed E-state index contributed by atoms with van der Waals surface area (Å²) in [4.78, 5) is 58.3. The van der Waals surface area contributed by atoms with Gasteiger partial charge in [-0.25, -0.2) is 4.98 Å². The number of nitrogens with one attached hydrogen (secondary N) is 1. The van der Waals surface area contributed by atoms with Crippen LogP contribution in [0.2, 0.25) is 0 Å². The number of hydrogen-bond donors (Lipinski definition) is 3. The maximum atomic E-state index is 12.8. The fourth-order valence-corrected chi connectivity index (χ4v) is 5.19. The molecule has 17 heteroatoms. The second-order valence-corrected chi connectivity index (χ2v) is 9.02. The van der Waals surface area contributed by atoms with Crippen LogP contribution in [0.1, 0.15) is 21.9 Å².